The van der Waals surface area contributed by atoms with E-state index in [4.69, 9.17) is 9.47 Å². The van der Waals surface area contributed by atoms with Gasteiger partial charge >= 0.3 is 0 Å². The monoisotopic (exact) mass is 269 g/mol. The number of methoxy groups -OCH3 is 1. The maximum absolute atomic E-state index is 10.3. The summed E-state index contributed by atoms with van der Waals surface area (Å²) in [6, 6.07) is 0. The summed E-state index contributed by atoms with van der Waals surface area (Å²) in [5.74, 6) is 0.0410. The topological polar surface area (TPSA) is 50.7 Å². The maximum Gasteiger partial charge on any atom is 0.102 e. The maximum atomic E-state index is 10.3. The molecule has 4 nitrogen and oxygen atoms in total. The van der Waals surface area contributed by atoms with Crippen molar-refractivity contribution in [1.29, 1.82) is 0 Å². The van der Waals surface area contributed by atoms with Crippen LogP contribution in [-0.2, 0) is 9.47 Å². The zero-order valence-electron chi connectivity index (χ0n) is 12.3. The Hall–Kier alpha value is -0.680. The second-order valence-corrected chi connectivity index (χ2v) is 5.08. The third-order valence-electron chi connectivity index (χ3n) is 3.26. The molecular formula is C15H27NO3. The highest BCUT2D eigenvalue weighted by molar-refractivity contribution is 5.05. The molecule has 0 bridgehead atoms. The summed E-state index contributed by atoms with van der Waals surface area (Å²) in [7, 11) is 1.63. The van der Waals surface area contributed by atoms with Gasteiger partial charge in [0.05, 0.1) is 19.3 Å². The van der Waals surface area contributed by atoms with Gasteiger partial charge in [0.25, 0.3) is 0 Å². The highest BCUT2D eigenvalue weighted by atomic mass is 16.5. The van der Waals surface area contributed by atoms with Gasteiger partial charge in [0.15, 0.2) is 0 Å². The Labute approximate surface area is 116 Å². The van der Waals surface area contributed by atoms with Crippen molar-refractivity contribution in [2.75, 3.05) is 33.4 Å². The fourth-order valence-electron chi connectivity index (χ4n) is 2.14. The lowest BCUT2D eigenvalue weighted by atomic mass is 9.97. The van der Waals surface area contributed by atoms with Crippen molar-refractivity contribution in [2.24, 2.45) is 5.92 Å². The molecule has 0 spiro atoms. The van der Waals surface area contributed by atoms with E-state index < -0.39 is 6.10 Å². The molecule has 0 aromatic carbocycles. The summed E-state index contributed by atoms with van der Waals surface area (Å²) in [4.78, 5) is 0. The van der Waals surface area contributed by atoms with E-state index in [0.717, 1.165) is 25.1 Å². The van der Waals surface area contributed by atoms with Crippen LogP contribution in [0.1, 0.15) is 20.3 Å². The number of aliphatic hydroxyl groups excluding tert-OH is 1. The number of aliphatic hydroxyl groups is 1. The summed E-state index contributed by atoms with van der Waals surface area (Å²) in [6.07, 6.45) is 6.20. The van der Waals surface area contributed by atoms with Crippen LogP contribution < -0.4 is 5.32 Å². The van der Waals surface area contributed by atoms with Crippen molar-refractivity contribution in [2.45, 2.75) is 32.5 Å². The lowest BCUT2D eigenvalue weighted by molar-refractivity contribution is -0.00203. The van der Waals surface area contributed by atoms with Gasteiger partial charge < -0.3 is 19.9 Å². The standard InChI is InChI=1S/C15H27NO3/c1-12-10-13(2)15(17)14(18-3)6-4-5-7-16-8-9-19-11-12/h4,6,10,13-17H,5,7-9,11H2,1-3H3/b6-4+,12-10-/t13-,14+,15+/m1/s1. The predicted octanol–water partition coefficient (Wildman–Crippen LogP) is 1.51. The van der Waals surface area contributed by atoms with E-state index >= 15 is 0 Å². The Kier molecular flexibility index (Phi) is 7.98. The van der Waals surface area contributed by atoms with Crippen LogP contribution in [0.3, 0.4) is 0 Å². The molecule has 1 aliphatic heterocycles. The number of hydrogen-bond donors (Lipinski definition) is 2. The molecular weight excluding hydrogens is 242 g/mol. The van der Waals surface area contributed by atoms with Crippen LogP contribution >= 0.6 is 0 Å². The Morgan fingerprint density at radius 2 is 2.21 bits per heavy atom. The highest BCUT2D eigenvalue weighted by Gasteiger charge is 2.21. The summed E-state index contributed by atoms with van der Waals surface area (Å²) in [5, 5.41) is 13.6. The molecule has 1 rings (SSSR count). The third-order valence-corrected chi connectivity index (χ3v) is 3.26. The lowest BCUT2D eigenvalue weighted by Crippen LogP contribution is -2.32. The molecule has 0 unspecified atom stereocenters. The second-order valence-electron chi connectivity index (χ2n) is 5.08. The molecule has 0 saturated heterocycles. The molecule has 1 heterocycles. The first kappa shape index (κ1) is 16.4. The molecule has 0 fully saturated rings. The van der Waals surface area contributed by atoms with Crippen LogP contribution in [0.25, 0.3) is 0 Å². The van der Waals surface area contributed by atoms with Gasteiger partial charge in [-0.15, -0.1) is 0 Å². The van der Waals surface area contributed by atoms with Crippen molar-refractivity contribution in [3.8, 4) is 0 Å². The largest absolute Gasteiger partial charge is 0.389 e. The zero-order valence-corrected chi connectivity index (χ0v) is 12.3. The van der Waals surface area contributed by atoms with Crippen LogP contribution in [0, 0.1) is 5.92 Å². The van der Waals surface area contributed by atoms with Crippen LogP contribution in [0.4, 0.5) is 0 Å². The minimum absolute atomic E-state index is 0.0410. The molecule has 0 saturated carbocycles. The fraction of sp³-hybridized carbons (Fsp3) is 0.733. The zero-order chi connectivity index (χ0) is 14.1. The minimum atomic E-state index is -0.535. The van der Waals surface area contributed by atoms with Crippen LogP contribution in [0.2, 0.25) is 0 Å². The summed E-state index contributed by atoms with van der Waals surface area (Å²) < 4.78 is 10.9. The summed E-state index contributed by atoms with van der Waals surface area (Å²) in [5.41, 5.74) is 1.14. The first-order valence-corrected chi connectivity index (χ1v) is 6.98. The average molecular weight is 269 g/mol. The van der Waals surface area contributed by atoms with Crippen molar-refractivity contribution >= 4 is 0 Å². The Morgan fingerprint density at radius 1 is 1.42 bits per heavy atom. The van der Waals surface area contributed by atoms with E-state index in [2.05, 4.69) is 17.5 Å². The quantitative estimate of drug-likeness (QED) is 0.709. The van der Waals surface area contributed by atoms with Crippen molar-refractivity contribution < 1.29 is 14.6 Å². The van der Waals surface area contributed by atoms with E-state index in [-0.39, 0.29) is 12.0 Å². The van der Waals surface area contributed by atoms with Crippen molar-refractivity contribution in [1.82, 2.24) is 5.32 Å². The summed E-state index contributed by atoms with van der Waals surface area (Å²) >= 11 is 0. The molecule has 0 amide bonds. The molecule has 19 heavy (non-hydrogen) atoms. The molecule has 110 valence electrons. The summed E-state index contributed by atoms with van der Waals surface area (Å²) in [6.45, 7) is 7.14. The number of nitrogens with one attached hydrogen (secondary N) is 1. The Morgan fingerprint density at radius 3 is 2.95 bits per heavy atom. The molecule has 4 heteroatoms. The molecule has 0 aromatic rings. The molecule has 1 aliphatic rings. The fourth-order valence-corrected chi connectivity index (χ4v) is 2.14. The Balaban J connectivity index is 2.71. The highest BCUT2D eigenvalue weighted by Crippen LogP contribution is 2.15. The van der Waals surface area contributed by atoms with Crippen molar-refractivity contribution in [3.05, 3.63) is 23.8 Å². The Bertz CT molecular complexity index is 302. The number of rotatable bonds is 1. The molecule has 0 aromatic heterocycles. The second kappa shape index (κ2) is 9.26. The van der Waals surface area contributed by atoms with E-state index in [1.165, 1.54) is 0 Å². The average Bonchev–Trinajstić information content (AvgIpc) is 2.39. The van der Waals surface area contributed by atoms with Gasteiger partial charge in [-0.05, 0) is 19.9 Å². The van der Waals surface area contributed by atoms with E-state index in [0.29, 0.717) is 13.2 Å². The third kappa shape index (κ3) is 6.34. The number of ether oxygens (including phenoxy) is 2. The molecule has 0 aliphatic carbocycles. The number of hydrogen-bond acceptors (Lipinski definition) is 4. The smallest absolute Gasteiger partial charge is 0.102 e. The van der Waals surface area contributed by atoms with E-state index in [1.807, 2.05) is 19.9 Å². The van der Waals surface area contributed by atoms with Crippen LogP contribution in [0.15, 0.2) is 23.8 Å². The van der Waals surface area contributed by atoms with Gasteiger partial charge in [0.1, 0.15) is 6.10 Å². The first-order chi connectivity index (χ1) is 9.15. The van der Waals surface area contributed by atoms with E-state index in [9.17, 15) is 5.11 Å². The molecule has 3 atom stereocenters. The minimum Gasteiger partial charge on any atom is -0.389 e. The van der Waals surface area contributed by atoms with Gasteiger partial charge in [-0.1, -0.05) is 30.7 Å². The normalized spacial score (nSPS) is 36.0. The van der Waals surface area contributed by atoms with Gasteiger partial charge in [0.2, 0.25) is 0 Å². The van der Waals surface area contributed by atoms with Gasteiger partial charge in [-0.25, -0.2) is 0 Å². The van der Waals surface area contributed by atoms with Crippen LogP contribution in [0.5, 0.6) is 0 Å². The van der Waals surface area contributed by atoms with Gasteiger partial charge in [-0.3, -0.25) is 0 Å². The van der Waals surface area contributed by atoms with Crippen LogP contribution in [-0.4, -0.2) is 50.7 Å². The van der Waals surface area contributed by atoms with Gasteiger partial charge in [0, 0.05) is 19.6 Å². The SMILES string of the molecule is CO[C@H]1/C=C/CCNCCOC/C(C)=C\[C@@H](C)[C@@H]1O. The molecule has 0 radical (unpaired) electrons. The first-order valence-electron chi connectivity index (χ1n) is 6.98. The lowest BCUT2D eigenvalue weighted by Gasteiger charge is -2.23. The molecule has 2 N–H and O–H groups in total. The van der Waals surface area contributed by atoms with Crippen molar-refractivity contribution in [3.63, 3.8) is 0 Å². The van der Waals surface area contributed by atoms with Gasteiger partial charge in [-0.2, -0.15) is 0 Å². The van der Waals surface area contributed by atoms with E-state index in [1.54, 1.807) is 7.11 Å². The predicted molar refractivity (Wildman–Crippen MR) is 77.2 cm³/mol.